The predicted molar refractivity (Wildman–Crippen MR) is 136 cm³/mol. The Morgan fingerprint density at radius 3 is 2.34 bits per heavy atom. The Labute approximate surface area is 206 Å². The van der Waals surface area contributed by atoms with Crippen molar-refractivity contribution < 1.29 is 14.3 Å². The van der Waals surface area contributed by atoms with Gasteiger partial charge in [0.2, 0.25) is 0 Å². The van der Waals surface area contributed by atoms with Crippen LogP contribution in [0.3, 0.4) is 0 Å². The molecule has 0 radical (unpaired) electrons. The summed E-state index contributed by atoms with van der Waals surface area (Å²) in [5.74, 6) is 3.03. The third-order valence-corrected chi connectivity index (χ3v) is 6.64. The van der Waals surface area contributed by atoms with Gasteiger partial charge in [-0.05, 0) is 62.1 Å². The molecule has 1 aliphatic heterocycles. The van der Waals surface area contributed by atoms with Gasteiger partial charge < -0.3 is 18.9 Å². The van der Waals surface area contributed by atoms with E-state index in [-0.39, 0.29) is 12.5 Å². The number of rotatable bonds is 8. The number of nitrogens with zero attached hydrogens (tertiary/aromatic N) is 3. The average Bonchev–Trinajstić information content (AvgIpc) is 3.25. The number of hydrogen-bond acceptors (Lipinski definition) is 4. The largest absolute Gasteiger partial charge is 0.486 e. The fraction of sp³-hybridized carbons (Fsp3) is 0.310. The Morgan fingerprint density at radius 2 is 1.57 bits per heavy atom. The number of benzene rings is 3. The molecule has 1 amide bonds. The summed E-state index contributed by atoms with van der Waals surface area (Å²) >= 11 is 0. The Balaban J connectivity index is 1.19. The summed E-state index contributed by atoms with van der Waals surface area (Å²) in [7, 11) is 0. The van der Waals surface area contributed by atoms with Gasteiger partial charge in [0, 0.05) is 19.6 Å². The number of ether oxygens (including phenoxy) is 2. The summed E-state index contributed by atoms with van der Waals surface area (Å²) < 4.78 is 14.0. The lowest BCUT2D eigenvalue weighted by atomic mass is 9.96. The molecule has 1 aromatic heterocycles. The molecule has 0 saturated carbocycles. The van der Waals surface area contributed by atoms with Crippen LogP contribution in [0.5, 0.6) is 11.5 Å². The topological polar surface area (TPSA) is 56.6 Å². The minimum Gasteiger partial charge on any atom is -0.486 e. The highest BCUT2D eigenvalue weighted by Gasteiger charge is 2.25. The number of para-hydroxylation sites is 3. The second kappa shape index (κ2) is 10.6. The van der Waals surface area contributed by atoms with Crippen LogP contribution in [0.15, 0.2) is 78.9 Å². The number of fused-ring (bicyclic) bond motifs is 1. The standard InChI is InChI=1S/C29H31N3O3/c1-22-11-13-25(14-12-22)35-21-29(33)31-17-15-23(16-18-31)19-32-27-10-6-5-9-26(27)30-28(32)20-34-24-7-3-2-4-8-24/h2-14,23H,15-21H2,1H3. The Kier molecular flexibility index (Phi) is 6.98. The van der Waals surface area contributed by atoms with Gasteiger partial charge in [-0.25, -0.2) is 4.98 Å². The maximum absolute atomic E-state index is 12.7. The highest BCUT2D eigenvalue weighted by molar-refractivity contribution is 5.78. The summed E-state index contributed by atoms with van der Waals surface area (Å²) in [5, 5.41) is 0. The van der Waals surface area contributed by atoms with Gasteiger partial charge in [0.15, 0.2) is 6.61 Å². The van der Waals surface area contributed by atoms with Crippen LogP contribution in [0, 0.1) is 12.8 Å². The summed E-state index contributed by atoms with van der Waals surface area (Å²) in [6, 6.07) is 25.9. The first-order valence-electron chi connectivity index (χ1n) is 12.2. The monoisotopic (exact) mass is 469 g/mol. The second-order valence-corrected chi connectivity index (χ2v) is 9.15. The second-order valence-electron chi connectivity index (χ2n) is 9.15. The zero-order chi connectivity index (χ0) is 24.0. The molecular formula is C29H31N3O3. The van der Waals surface area contributed by atoms with Crippen LogP contribution in [-0.4, -0.2) is 40.1 Å². The molecule has 1 fully saturated rings. The van der Waals surface area contributed by atoms with Gasteiger partial charge in [-0.1, -0.05) is 48.0 Å². The molecule has 35 heavy (non-hydrogen) atoms. The highest BCUT2D eigenvalue weighted by Crippen LogP contribution is 2.25. The summed E-state index contributed by atoms with van der Waals surface area (Å²) in [4.78, 5) is 19.5. The van der Waals surface area contributed by atoms with E-state index in [9.17, 15) is 4.79 Å². The van der Waals surface area contributed by atoms with Crippen LogP contribution < -0.4 is 9.47 Å². The molecule has 0 unspecified atom stereocenters. The SMILES string of the molecule is Cc1ccc(OCC(=O)N2CCC(Cn3c(COc4ccccc4)nc4ccccc43)CC2)cc1. The van der Waals surface area contributed by atoms with E-state index >= 15 is 0 Å². The zero-order valence-corrected chi connectivity index (χ0v) is 20.1. The quantitative estimate of drug-likeness (QED) is 0.354. The molecule has 0 bridgehead atoms. The van der Waals surface area contributed by atoms with Crippen LogP contribution in [0.2, 0.25) is 0 Å². The van der Waals surface area contributed by atoms with E-state index in [2.05, 4.69) is 16.7 Å². The van der Waals surface area contributed by atoms with Gasteiger partial charge in [0.1, 0.15) is 23.9 Å². The molecule has 2 heterocycles. The van der Waals surface area contributed by atoms with Crippen molar-refractivity contribution in [2.45, 2.75) is 32.9 Å². The number of carbonyl (C=O) groups is 1. The average molecular weight is 470 g/mol. The lowest BCUT2D eigenvalue weighted by Gasteiger charge is -2.32. The number of hydrogen-bond donors (Lipinski definition) is 0. The molecule has 5 rings (SSSR count). The number of likely N-dealkylation sites (tertiary alicyclic amines) is 1. The molecule has 6 heteroatoms. The molecular weight excluding hydrogens is 438 g/mol. The van der Waals surface area contributed by atoms with Gasteiger partial charge >= 0.3 is 0 Å². The first-order chi connectivity index (χ1) is 17.2. The number of piperidine rings is 1. The molecule has 0 atom stereocenters. The van der Waals surface area contributed by atoms with E-state index in [0.29, 0.717) is 12.5 Å². The third-order valence-electron chi connectivity index (χ3n) is 6.64. The maximum Gasteiger partial charge on any atom is 0.260 e. The molecule has 4 aromatic rings. The molecule has 6 nitrogen and oxygen atoms in total. The lowest BCUT2D eigenvalue weighted by Crippen LogP contribution is -2.41. The maximum atomic E-state index is 12.7. The molecule has 1 aliphatic rings. The van der Waals surface area contributed by atoms with Gasteiger partial charge in [-0.15, -0.1) is 0 Å². The molecule has 0 spiro atoms. The third kappa shape index (κ3) is 5.65. The minimum absolute atomic E-state index is 0.0501. The van der Waals surface area contributed by atoms with E-state index < -0.39 is 0 Å². The first kappa shape index (κ1) is 23.0. The molecule has 180 valence electrons. The van der Waals surface area contributed by atoms with Crippen LogP contribution in [0.25, 0.3) is 11.0 Å². The van der Waals surface area contributed by atoms with Crippen LogP contribution in [-0.2, 0) is 17.9 Å². The van der Waals surface area contributed by atoms with E-state index in [0.717, 1.165) is 60.8 Å². The minimum atomic E-state index is 0.0501. The van der Waals surface area contributed by atoms with Crippen molar-refractivity contribution in [1.29, 1.82) is 0 Å². The van der Waals surface area contributed by atoms with Crippen molar-refractivity contribution >= 4 is 16.9 Å². The van der Waals surface area contributed by atoms with E-state index in [4.69, 9.17) is 14.5 Å². The Hall–Kier alpha value is -3.80. The fourth-order valence-corrected chi connectivity index (χ4v) is 4.60. The Bertz CT molecular complexity index is 1260. The van der Waals surface area contributed by atoms with Crippen molar-refractivity contribution in [1.82, 2.24) is 14.5 Å². The number of carbonyl (C=O) groups excluding carboxylic acids is 1. The number of aromatic nitrogens is 2. The number of imidazole rings is 1. The van der Waals surface area contributed by atoms with Crippen molar-refractivity contribution in [2.24, 2.45) is 5.92 Å². The van der Waals surface area contributed by atoms with Crippen molar-refractivity contribution in [3.05, 3.63) is 90.3 Å². The van der Waals surface area contributed by atoms with E-state index in [1.54, 1.807) is 0 Å². The first-order valence-corrected chi connectivity index (χ1v) is 12.2. The van der Waals surface area contributed by atoms with Crippen molar-refractivity contribution in [2.75, 3.05) is 19.7 Å². The van der Waals surface area contributed by atoms with Gasteiger partial charge in [-0.3, -0.25) is 4.79 Å². The summed E-state index contributed by atoms with van der Waals surface area (Å²) in [6.45, 7) is 4.92. The van der Waals surface area contributed by atoms with Crippen molar-refractivity contribution in [3.63, 3.8) is 0 Å². The van der Waals surface area contributed by atoms with Gasteiger partial charge in [-0.2, -0.15) is 0 Å². The molecule has 0 N–H and O–H groups in total. The lowest BCUT2D eigenvalue weighted by molar-refractivity contribution is -0.134. The predicted octanol–water partition coefficient (Wildman–Crippen LogP) is 5.24. The van der Waals surface area contributed by atoms with Crippen LogP contribution >= 0.6 is 0 Å². The van der Waals surface area contributed by atoms with Crippen molar-refractivity contribution in [3.8, 4) is 11.5 Å². The van der Waals surface area contributed by atoms with Crippen LogP contribution in [0.4, 0.5) is 0 Å². The molecule has 0 aliphatic carbocycles. The van der Waals surface area contributed by atoms with E-state index in [1.807, 2.05) is 78.6 Å². The molecule has 3 aromatic carbocycles. The number of aryl methyl sites for hydroxylation is 1. The van der Waals surface area contributed by atoms with Crippen LogP contribution in [0.1, 0.15) is 24.2 Å². The zero-order valence-electron chi connectivity index (χ0n) is 20.1. The normalized spacial score (nSPS) is 14.3. The number of amides is 1. The summed E-state index contributed by atoms with van der Waals surface area (Å²) in [5.41, 5.74) is 3.29. The molecule has 1 saturated heterocycles. The summed E-state index contributed by atoms with van der Waals surface area (Å²) in [6.07, 6.45) is 1.92. The smallest absolute Gasteiger partial charge is 0.260 e. The Morgan fingerprint density at radius 1 is 0.886 bits per heavy atom. The van der Waals surface area contributed by atoms with Gasteiger partial charge in [0.25, 0.3) is 5.91 Å². The highest BCUT2D eigenvalue weighted by atomic mass is 16.5. The fourth-order valence-electron chi connectivity index (χ4n) is 4.60. The van der Waals surface area contributed by atoms with E-state index in [1.165, 1.54) is 5.56 Å². The van der Waals surface area contributed by atoms with Gasteiger partial charge in [0.05, 0.1) is 11.0 Å².